The molecule has 0 atom stereocenters. The van der Waals surface area contributed by atoms with E-state index in [1.807, 2.05) is 6.07 Å². The molecule has 0 heterocycles. The molecule has 0 saturated heterocycles. The van der Waals surface area contributed by atoms with Crippen LogP contribution in [-0.2, 0) is 6.42 Å². The number of alkyl halides is 1. The fourth-order valence-electron chi connectivity index (χ4n) is 2.75. The maximum atomic E-state index is 13.5. The Morgan fingerprint density at radius 2 is 1.94 bits per heavy atom. The number of hydrogen-bond acceptors (Lipinski definition) is 0. The van der Waals surface area contributed by atoms with Crippen molar-refractivity contribution in [3.05, 3.63) is 34.1 Å². The van der Waals surface area contributed by atoms with Gasteiger partial charge in [0, 0.05) is 5.88 Å². The van der Waals surface area contributed by atoms with Gasteiger partial charge in [0.05, 0.1) is 4.47 Å². The Kier molecular flexibility index (Phi) is 4.48. The minimum atomic E-state index is -0.178. The van der Waals surface area contributed by atoms with Crippen molar-refractivity contribution in [2.24, 2.45) is 5.41 Å². The van der Waals surface area contributed by atoms with E-state index in [0.29, 0.717) is 10.4 Å². The quantitative estimate of drug-likeness (QED) is 0.661. The molecule has 3 heteroatoms. The minimum Gasteiger partial charge on any atom is -0.206 e. The van der Waals surface area contributed by atoms with Gasteiger partial charge in [-0.1, -0.05) is 31.4 Å². The van der Waals surface area contributed by atoms with Crippen molar-refractivity contribution >= 4 is 27.5 Å². The van der Waals surface area contributed by atoms with Crippen LogP contribution in [0.4, 0.5) is 4.39 Å². The summed E-state index contributed by atoms with van der Waals surface area (Å²) in [5.74, 6) is 0.499. The van der Waals surface area contributed by atoms with Crippen molar-refractivity contribution in [3.8, 4) is 0 Å². The zero-order chi connectivity index (χ0) is 12.3. The highest BCUT2D eigenvalue weighted by molar-refractivity contribution is 9.10. The zero-order valence-electron chi connectivity index (χ0n) is 9.82. The molecule has 0 spiro atoms. The van der Waals surface area contributed by atoms with Crippen LogP contribution in [0.2, 0.25) is 0 Å². The van der Waals surface area contributed by atoms with Crippen molar-refractivity contribution in [2.75, 3.05) is 5.88 Å². The summed E-state index contributed by atoms with van der Waals surface area (Å²) < 4.78 is 14.1. The topological polar surface area (TPSA) is 0 Å². The molecule has 1 saturated carbocycles. The first-order chi connectivity index (χ1) is 8.17. The molecule has 1 aliphatic rings. The molecule has 0 amide bonds. The van der Waals surface area contributed by atoms with E-state index < -0.39 is 0 Å². The number of benzene rings is 1. The van der Waals surface area contributed by atoms with E-state index >= 15 is 0 Å². The molecule has 0 radical (unpaired) electrons. The summed E-state index contributed by atoms with van der Waals surface area (Å²) >= 11 is 9.51. The fourth-order valence-corrected chi connectivity index (χ4v) is 3.51. The Labute approximate surface area is 116 Å². The molecule has 0 bridgehead atoms. The van der Waals surface area contributed by atoms with Gasteiger partial charge in [0.25, 0.3) is 0 Å². The Morgan fingerprint density at radius 3 is 2.59 bits per heavy atom. The normalized spacial score (nSPS) is 19.2. The van der Waals surface area contributed by atoms with E-state index in [9.17, 15) is 4.39 Å². The highest BCUT2D eigenvalue weighted by Gasteiger charge is 2.32. The summed E-state index contributed by atoms with van der Waals surface area (Å²) in [6.45, 7) is 0. The van der Waals surface area contributed by atoms with Crippen LogP contribution in [0.1, 0.15) is 37.7 Å². The minimum absolute atomic E-state index is 0.177. The number of rotatable bonds is 3. The third kappa shape index (κ3) is 3.03. The standard InChI is InChI=1S/C14H17BrClF/c15-13-11(5-4-6-12(13)17)9-14(10-16)7-2-1-3-8-14/h4-6H,1-3,7-10H2. The lowest BCUT2D eigenvalue weighted by atomic mass is 9.72. The summed E-state index contributed by atoms with van der Waals surface area (Å²) in [6.07, 6.45) is 7.02. The van der Waals surface area contributed by atoms with Gasteiger partial charge in [-0.2, -0.15) is 0 Å². The zero-order valence-corrected chi connectivity index (χ0v) is 12.2. The third-order valence-electron chi connectivity index (χ3n) is 3.79. The number of hydrogen-bond donors (Lipinski definition) is 0. The van der Waals surface area contributed by atoms with Crippen LogP contribution in [0.3, 0.4) is 0 Å². The van der Waals surface area contributed by atoms with E-state index in [1.165, 1.54) is 38.2 Å². The van der Waals surface area contributed by atoms with Gasteiger partial charge in [-0.25, -0.2) is 4.39 Å². The SMILES string of the molecule is Fc1cccc(CC2(CCl)CCCCC2)c1Br. The van der Waals surface area contributed by atoms with Crippen molar-refractivity contribution in [3.63, 3.8) is 0 Å². The van der Waals surface area contributed by atoms with Gasteiger partial charge in [0.2, 0.25) is 0 Å². The van der Waals surface area contributed by atoms with Crippen molar-refractivity contribution in [2.45, 2.75) is 38.5 Å². The molecule has 0 aromatic heterocycles. The summed E-state index contributed by atoms with van der Waals surface area (Å²) in [5.41, 5.74) is 1.23. The Morgan fingerprint density at radius 1 is 1.24 bits per heavy atom. The molecular formula is C14H17BrClF. The highest BCUT2D eigenvalue weighted by Crippen LogP contribution is 2.41. The van der Waals surface area contributed by atoms with Gasteiger partial charge in [0.1, 0.15) is 5.82 Å². The second-order valence-electron chi connectivity index (χ2n) is 5.08. The van der Waals surface area contributed by atoms with Gasteiger partial charge in [-0.3, -0.25) is 0 Å². The average molecular weight is 320 g/mol. The Hall–Kier alpha value is -0.0800. The lowest BCUT2D eigenvalue weighted by Crippen LogP contribution is -2.28. The van der Waals surface area contributed by atoms with Gasteiger partial charge < -0.3 is 0 Å². The Balaban J connectivity index is 2.20. The van der Waals surface area contributed by atoms with Crippen LogP contribution < -0.4 is 0 Å². The fraction of sp³-hybridized carbons (Fsp3) is 0.571. The predicted octanol–water partition coefficient (Wildman–Crippen LogP) is 5.32. The van der Waals surface area contributed by atoms with Gasteiger partial charge in [-0.05, 0) is 52.2 Å². The maximum Gasteiger partial charge on any atom is 0.137 e. The third-order valence-corrected chi connectivity index (χ3v) is 5.25. The maximum absolute atomic E-state index is 13.5. The van der Waals surface area contributed by atoms with Gasteiger partial charge in [-0.15, -0.1) is 11.6 Å². The second-order valence-corrected chi connectivity index (χ2v) is 6.14. The molecule has 1 fully saturated rings. The van der Waals surface area contributed by atoms with Crippen LogP contribution in [0.5, 0.6) is 0 Å². The summed E-state index contributed by atoms with van der Waals surface area (Å²) in [7, 11) is 0. The summed E-state index contributed by atoms with van der Waals surface area (Å²) in [5, 5.41) is 0. The van der Waals surface area contributed by atoms with E-state index in [2.05, 4.69) is 15.9 Å². The monoisotopic (exact) mass is 318 g/mol. The van der Waals surface area contributed by atoms with Crippen LogP contribution in [-0.4, -0.2) is 5.88 Å². The van der Waals surface area contributed by atoms with Crippen LogP contribution in [0.15, 0.2) is 22.7 Å². The second kappa shape index (κ2) is 5.71. The number of halogens is 3. The summed E-state index contributed by atoms with van der Waals surface area (Å²) in [4.78, 5) is 0. The molecule has 1 aliphatic carbocycles. The Bertz CT molecular complexity index is 386. The average Bonchev–Trinajstić information content (AvgIpc) is 2.36. The first-order valence-electron chi connectivity index (χ1n) is 6.16. The summed E-state index contributed by atoms with van der Waals surface area (Å²) in [6, 6.07) is 5.26. The first kappa shape index (κ1) is 13.4. The van der Waals surface area contributed by atoms with Crippen molar-refractivity contribution < 1.29 is 4.39 Å². The molecule has 1 aromatic carbocycles. The lowest BCUT2D eigenvalue weighted by molar-refractivity contribution is 0.219. The highest BCUT2D eigenvalue weighted by atomic mass is 79.9. The van der Waals surface area contributed by atoms with E-state index in [-0.39, 0.29) is 11.2 Å². The van der Waals surface area contributed by atoms with Crippen molar-refractivity contribution in [1.82, 2.24) is 0 Å². The molecule has 1 aromatic rings. The molecule has 0 aliphatic heterocycles. The molecule has 94 valence electrons. The molecule has 0 N–H and O–H groups in total. The van der Waals surface area contributed by atoms with Crippen LogP contribution >= 0.6 is 27.5 Å². The van der Waals surface area contributed by atoms with E-state index in [0.717, 1.165) is 12.0 Å². The van der Waals surface area contributed by atoms with E-state index in [4.69, 9.17) is 11.6 Å². The van der Waals surface area contributed by atoms with Crippen molar-refractivity contribution in [1.29, 1.82) is 0 Å². The molecule has 2 rings (SSSR count). The van der Waals surface area contributed by atoms with Crippen LogP contribution in [0, 0.1) is 11.2 Å². The van der Waals surface area contributed by atoms with E-state index in [1.54, 1.807) is 6.07 Å². The lowest BCUT2D eigenvalue weighted by Gasteiger charge is -2.36. The first-order valence-corrected chi connectivity index (χ1v) is 7.48. The predicted molar refractivity (Wildman–Crippen MR) is 74.0 cm³/mol. The smallest absolute Gasteiger partial charge is 0.137 e. The molecule has 0 unspecified atom stereocenters. The molecule has 17 heavy (non-hydrogen) atoms. The van der Waals surface area contributed by atoms with Gasteiger partial charge >= 0.3 is 0 Å². The molecule has 0 nitrogen and oxygen atoms in total. The largest absolute Gasteiger partial charge is 0.206 e. The van der Waals surface area contributed by atoms with Gasteiger partial charge in [0.15, 0.2) is 0 Å². The van der Waals surface area contributed by atoms with Crippen LogP contribution in [0.25, 0.3) is 0 Å². The molecular weight excluding hydrogens is 303 g/mol.